The van der Waals surface area contributed by atoms with Crippen LogP contribution >= 0.6 is 0 Å². The highest BCUT2D eigenvalue weighted by Gasteiger charge is 2.34. The molecule has 0 saturated carbocycles. The van der Waals surface area contributed by atoms with Crippen LogP contribution in [-0.2, 0) is 40.2 Å². The van der Waals surface area contributed by atoms with Crippen LogP contribution < -0.4 is 9.46 Å². The van der Waals surface area contributed by atoms with Gasteiger partial charge in [0.2, 0.25) is 10.0 Å². The predicted octanol–water partition coefficient (Wildman–Crippen LogP) is 3.67. The van der Waals surface area contributed by atoms with Gasteiger partial charge < -0.3 is 23.8 Å². The number of ether oxygens (including phenoxy) is 4. The third kappa shape index (κ3) is 12.4. The standard InChI is InChI=1S/C32H51N3O9S/c1-6-7-20-45(39,40)33-27(29(36)41-5)21-24-13-15-25(16-14-24)42-23-26-22-35(31(38)43-26)19-11-12-28(30(37)44-32(2,3)4)34-17-9-8-10-18-34/h13-16,26-28,33H,6-12,17-23H2,1-5H3. The van der Waals surface area contributed by atoms with E-state index in [-0.39, 0.29) is 30.8 Å². The van der Waals surface area contributed by atoms with E-state index in [9.17, 15) is 22.8 Å². The van der Waals surface area contributed by atoms with E-state index in [1.165, 1.54) is 13.5 Å². The Balaban J connectivity index is 1.47. The maximum Gasteiger partial charge on any atom is 0.410 e. The van der Waals surface area contributed by atoms with Crippen LogP contribution in [0.5, 0.6) is 5.75 Å². The molecule has 3 atom stereocenters. The molecule has 1 aromatic carbocycles. The number of unbranched alkanes of at least 4 members (excludes halogenated alkanes) is 1. The van der Waals surface area contributed by atoms with E-state index in [1.54, 1.807) is 29.2 Å². The van der Waals surface area contributed by atoms with Crippen molar-refractivity contribution in [2.75, 3.05) is 45.6 Å². The zero-order valence-electron chi connectivity index (χ0n) is 27.4. The van der Waals surface area contributed by atoms with Gasteiger partial charge in [0.05, 0.1) is 19.4 Å². The molecule has 2 aliphatic heterocycles. The van der Waals surface area contributed by atoms with Gasteiger partial charge in [-0.1, -0.05) is 31.9 Å². The average Bonchev–Trinajstić information content (AvgIpc) is 3.35. The highest BCUT2D eigenvalue weighted by Crippen LogP contribution is 2.22. The number of carbonyl (C=O) groups is 3. The molecule has 0 aromatic heterocycles. The van der Waals surface area contributed by atoms with Crippen molar-refractivity contribution in [3.63, 3.8) is 0 Å². The van der Waals surface area contributed by atoms with Crippen LogP contribution in [0.25, 0.3) is 0 Å². The van der Waals surface area contributed by atoms with Crippen LogP contribution in [0.4, 0.5) is 4.79 Å². The van der Waals surface area contributed by atoms with Crippen LogP contribution in [0.2, 0.25) is 0 Å². The predicted molar refractivity (Wildman–Crippen MR) is 169 cm³/mol. The second kappa shape index (κ2) is 17.1. The molecule has 3 rings (SSSR count). The molecule has 1 amide bonds. The van der Waals surface area contributed by atoms with Crippen molar-refractivity contribution in [1.82, 2.24) is 14.5 Å². The van der Waals surface area contributed by atoms with E-state index >= 15 is 0 Å². The molecule has 1 N–H and O–H groups in total. The largest absolute Gasteiger partial charge is 0.490 e. The van der Waals surface area contributed by atoms with E-state index in [0.717, 1.165) is 37.9 Å². The number of nitrogens with one attached hydrogen (secondary N) is 1. The fourth-order valence-corrected chi connectivity index (χ4v) is 6.84. The lowest BCUT2D eigenvalue weighted by molar-refractivity contribution is -0.162. The monoisotopic (exact) mass is 653 g/mol. The molecule has 2 saturated heterocycles. The number of hydrogen-bond donors (Lipinski definition) is 1. The molecule has 3 unspecified atom stereocenters. The number of piperidine rings is 1. The molecule has 2 aliphatic rings. The van der Waals surface area contributed by atoms with E-state index in [4.69, 9.17) is 18.9 Å². The molecule has 2 heterocycles. The number of hydrogen-bond acceptors (Lipinski definition) is 10. The van der Waals surface area contributed by atoms with Gasteiger partial charge in [0.25, 0.3) is 0 Å². The summed E-state index contributed by atoms with van der Waals surface area (Å²) in [5, 5.41) is 0. The van der Waals surface area contributed by atoms with Crippen molar-refractivity contribution < 1.29 is 41.7 Å². The molecular weight excluding hydrogens is 602 g/mol. The molecular formula is C32H51N3O9S. The molecule has 2 fully saturated rings. The van der Waals surface area contributed by atoms with Crippen molar-refractivity contribution in [2.45, 2.75) is 103 Å². The van der Waals surface area contributed by atoms with Crippen molar-refractivity contribution in [3.05, 3.63) is 29.8 Å². The Bertz CT molecular complexity index is 1210. The zero-order valence-corrected chi connectivity index (χ0v) is 28.2. The van der Waals surface area contributed by atoms with Gasteiger partial charge in [-0.05, 0) is 90.1 Å². The average molecular weight is 654 g/mol. The highest BCUT2D eigenvalue weighted by molar-refractivity contribution is 7.89. The summed E-state index contributed by atoms with van der Waals surface area (Å²) < 4.78 is 49.0. The number of sulfonamides is 1. The van der Waals surface area contributed by atoms with Crippen LogP contribution in [0, 0.1) is 0 Å². The maximum atomic E-state index is 13.0. The molecule has 0 bridgehead atoms. The summed E-state index contributed by atoms with van der Waals surface area (Å²) in [6.45, 7) is 10.3. The molecule has 1 aromatic rings. The number of methoxy groups -OCH3 is 1. The topological polar surface area (TPSA) is 141 Å². The summed E-state index contributed by atoms with van der Waals surface area (Å²) in [5.74, 6) is -0.374. The molecule has 254 valence electrons. The normalized spacial score (nSPS) is 19.1. The molecule has 0 radical (unpaired) electrons. The Morgan fingerprint density at radius 1 is 1.07 bits per heavy atom. The highest BCUT2D eigenvalue weighted by atomic mass is 32.2. The Labute approximate surface area is 268 Å². The summed E-state index contributed by atoms with van der Waals surface area (Å²) in [4.78, 5) is 41.6. The van der Waals surface area contributed by atoms with Gasteiger partial charge in [-0.25, -0.2) is 17.9 Å². The number of benzene rings is 1. The minimum absolute atomic E-state index is 0.0574. The molecule has 0 spiro atoms. The van der Waals surface area contributed by atoms with Crippen LogP contribution in [0.15, 0.2) is 24.3 Å². The third-order valence-corrected chi connectivity index (χ3v) is 9.21. The number of carbonyl (C=O) groups excluding carboxylic acids is 3. The molecule has 45 heavy (non-hydrogen) atoms. The number of likely N-dealkylation sites (tertiary alicyclic amines) is 1. The first-order valence-electron chi connectivity index (χ1n) is 16.0. The number of amides is 1. The first-order chi connectivity index (χ1) is 21.3. The van der Waals surface area contributed by atoms with Gasteiger partial charge in [-0.15, -0.1) is 0 Å². The number of rotatable bonds is 17. The summed E-state index contributed by atoms with van der Waals surface area (Å²) in [5.41, 5.74) is 0.167. The van der Waals surface area contributed by atoms with E-state index in [2.05, 4.69) is 9.62 Å². The molecule has 12 nitrogen and oxygen atoms in total. The summed E-state index contributed by atoms with van der Waals surface area (Å²) in [6.07, 6.45) is 5.05. The second-order valence-corrected chi connectivity index (χ2v) is 14.6. The molecule has 0 aliphatic carbocycles. The van der Waals surface area contributed by atoms with Crippen molar-refractivity contribution in [1.29, 1.82) is 0 Å². The van der Waals surface area contributed by atoms with Gasteiger partial charge in [-0.2, -0.15) is 0 Å². The Morgan fingerprint density at radius 3 is 2.38 bits per heavy atom. The first-order valence-corrected chi connectivity index (χ1v) is 17.7. The van der Waals surface area contributed by atoms with Gasteiger partial charge >= 0.3 is 18.0 Å². The van der Waals surface area contributed by atoms with E-state index < -0.39 is 39.8 Å². The van der Waals surface area contributed by atoms with Gasteiger partial charge in [0.15, 0.2) is 6.10 Å². The lowest BCUT2D eigenvalue weighted by Gasteiger charge is -2.35. The van der Waals surface area contributed by atoms with Gasteiger partial charge in [0.1, 0.15) is 30.0 Å². The Kier molecular flexibility index (Phi) is 13.9. The molecule has 13 heteroatoms. The van der Waals surface area contributed by atoms with E-state index in [1.807, 2.05) is 27.7 Å². The number of nitrogens with zero attached hydrogens (tertiary/aromatic N) is 2. The zero-order chi connectivity index (χ0) is 33.0. The van der Waals surface area contributed by atoms with Crippen molar-refractivity contribution in [3.8, 4) is 5.75 Å². The lowest BCUT2D eigenvalue weighted by atomic mass is 10.0. The smallest absolute Gasteiger partial charge is 0.410 e. The SMILES string of the molecule is CCCCS(=O)(=O)NC(Cc1ccc(OCC2CN(CCCC(C(=O)OC(C)(C)C)N3CCCCC3)C(=O)O2)cc1)C(=O)OC. The van der Waals surface area contributed by atoms with Gasteiger partial charge in [0, 0.05) is 6.54 Å². The third-order valence-electron chi connectivity index (χ3n) is 7.74. The maximum absolute atomic E-state index is 13.0. The fourth-order valence-electron chi connectivity index (χ4n) is 5.44. The lowest BCUT2D eigenvalue weighted by Crippen LogP contribution is -2.47. The second-order valence-electron chi connectivity index (χ2n) is 12.8. The quantitative estimate of drug-likeness (QED) is 0.196. The number of cyclic esters (lactones) is 1. The Morgan fingerprint density at radius 2 is 1.76 bits per heavy atom. The summed E-state index contributed by atoms with van der Waals surface area (Å²) >= 11 is 0. The van der Waals surface area contributed by atoms with Crippen molar-refractivity contribution >= 4 is 28.1 Å². The first kappa shape index (κ1) is 36.6. The van der Waals surface area contributed by atoms with Crippen LogP contribution in [0.3, 0.4) is 0 Å². The minimum atomic E-state index is -3.62. The fraction of sp³-hybridized carbons (Fsp3) is 0.719. The minimum Gasteiger partial charge on any atom is -0.490 e. The van der Waals surface area contributed by atoms with Gasteiger partial charge in [-0.3, -0.25) is 14.5 Å². The summed E-state index contributed by atoms with van der Waals surface area (Å²) in [7, 11) is -2.40. The van der Waals surface area contributed by atoms with Crippen LogP contribution in [-0.4, -0.2) is 106 Å². The van der Waals surface area contributed by atoms with E-state index in [0.29, 0.717) is 38.1 Å². The van der Waals surface area contributed by atoms with Crippen molar-refractivity contribution in [2.24, 2.45) is 0 Å². The van der Waals surface area contributed by atoms with Crippen LogP contribution in [0.1, 0.15) is 78.2 Å². The Hall–Kier alpha value is -2.90. The summed E-state index contributed by atoms with van der Waals surface area (Å²) in [6, 6.07) is 5.59. The number of esters is 2.